The molecule has 7 heteroatoms. The molecule has 0 atom stereocenters. The predicted octanol–water partition coefficient (Wildman–Crippen LogP) is 2.74. The van der Waals surface area contributed by atoms with E-state index < -0.39 is 4.92 Å². The number of nitrogens with zero attached hydrogens (tertiary/aromatic N) is 3. The average molecular weight is 275 g/mol. The molecule has 1 aromatic carbocycles. The van der Waals surface area contributed by atoms with Crippen LogP contribution in [0, 0.1) is 10.1 Å². The van der Waals surface area contributed by atoms with Crippen LogP contribution in [0.2, 0.25) is 0 Å². The fourth-order valence-electron chi connectivity index (χ4n) is 1.43. The summed E-state index contributed by atoms with van der Waals surface area (Å²) in [5.74, 6) is -0.234. The molecule has 0 aliphatic heterocycles. The van der Waals surface area contributed by atoms with E-state index in [-0.39, 0.29) is 11.5 Å². The van der Waals surface area contributed by atoms with Crippen LogP contribution in [0.15, 0.2) is 46.7 Å². The normalized spacial score (nSPS) is 10.2. The molecule has 0 spiro atoms. The SMILES string of the molecule is CC(=O)c1cc([N+](=O)[O-])ccc1Sc1ncccn1. The summed E-state index contributed by atoms with van der Waals surface area (Å²) in [4.78, 5) is 30.4. The highest BCUT2D eigenvalue weighted by molar-refractivity contribution is 7.99. The zero-order valence-electron chi connectivity index (χ0n) is 9.94. The Kier molecular flexibility index (Phi) is 3.86. The first-order chi connectivity index (χ1) is 9.08. The fraction of sp³-hybridized carbons (Fsp3) is 0.0833. The van der Waals surface area contributed by atoms with Gasteiger partial charge in [0, 0.05) is 35.0 Å². The highest BCUT2D eigenvalue weighted by atomic mass is 32.2. The standard InChI is InChI=1S/C12H9N3O3S/c1-8(16)10-7-9(15(17)18)3-4-11(10)19-12-13-5-2-6-14-12/h2-7H,1H3. The van der Waals surface area contributed by atoms with Gasteiger partial charge >= 0.3 is 0 Å². The Morgan fingerprint density at radius 1 is 1.32 bits per heavy atom. The van der Waals surface area contributed by atoms with Crippen molar-refractivity contribution in [2.24, 2.45) is 0 Å². The second-order valence-corrected chi connectivity index (χ2v) is 4.64. The van der Waals surface area contributed by atoms with Gasteiger partial charge in [0.05, 0.1) is 4.92 Å². The van der Waals surface area contributed by atoms with Gasteiger partial charge in [0.15, 0.2) is 10.9 Å². The summed E-state index contributed by atoms with van der Waals surface area (Å²) in [6.07, 6.45) is 3.18. The second kappa shape index (κ2) is 5.57. The molecule has 0 saturated heterocycles. The molecule has 2 aromatic rings. The summed E-state index contributed by atoms with van der Waals surface area (Å²) < 4.78 is 0. The second-order valence-electron chi connectivity index (χ2n) is 3.63. The van der Waals surface area contributed by atoms with Crippen molar-refractivity contribution in [3.05, 3.63) is 52.3 Å². The number of nitro groups is 1. The number of carbonyl (C=O) groups is 1. The third-order valence-corrected chi connectivity index (χ3v) is 3.27. The first kappa shape index (κ1) is 13.2. The fourth-order valence-corrected chi connectivity index (χ4v) is 2.30. The third kappa shape index (κ3) is 3.14. The molecule has 0 N–H and O–H groups in total. The van der Waals surface area contributed by atoms with Gasteiger partial charge in [-0.2, -0.15) is 0 Å². The molecule has 0 amide bonds. The van der Waals surface area contributed by atoms with Crippen LogP contribution in [0.3, 0.4) is 0 Å². The number of non-ortho nitro benzene ring substituents is 1. The third-order valence-electron chi connectivity index (χ3n) is 2.30. The van der Waals surface area contributed by atoms with Crippen molar-refractivity contribution >= 4 is 23.2 Å². The Morgan fingerprint density at radius 2 is 2.00 bits per heavy atom. The van der Waals surface area contributed by atoms with E-state index in [1.54, 1.807) is 18.5 Å². The molecule has 0 fully saturated rings. The largest absolute Gasteiger partial charge is 0.294 e. The van der Waals surface area contributed by atoms with Gasteiger partial charge in [-0.1, -0.05) is 0 Å². The molecule has 0 aliphatic rings. The number of hydrogen-bond acceptors (Lipinski definition) is 6. The molecular weight excluding hydrogens is 266 g/mol. The van der Waals surface area contributed by atoms with Crippen LogP contribution in [0.4, 0.5) is 5.69 Å². The smallest absolute Gasteiger partial charge is 0.270 e. The number of carbonyl (C=O) groups excluding carboxylic acids is 1. The van der Waals surface area contributed by atoms with Gasteiger partial charge in [-0.25, -0.2) is 9.97 Å². The lowest BCUT2D eigenvalue weighted by atomic mass is 10.1. The van der Waals surface area contributed by atoms with Crippen LogP contribution in [0.25, 0.3) is 0 Å². The summed E-state index contributed by atoms with van der Waals surface area (Å²) >= 11 is 1.20. The highest BCUT2D eigenvalue weighted by Crippen LogP contribution is 2.30. The molecule has 96 valence electrons. The van der Waals surface area contributed by atoms with Crippen molar-refractivity contribution in [1.29, 1.82) is 0 Å². The number of ketones is 1. The number of rotatable bonds is 4. The zero-order valence-corrected chi connectivity index (χ0v) is 10.8. The van der Waals surface area contributed by atoms with Gasteiger partial charge in [0.2, 0.25) is 0 Å². The number of nitro benzene ring substituents is 1. The van der Waals surface area contributed by atoms with Gasteiger partial charge in [-0.05, 0) is 30.8 Å². The van der Waals surface area contributed by atoms with Gasteiger partial charge in [-0.3, -0.25) is 14.9 Å². The van der Waals surface area contributed by atoms with Crippen LogP contribution in [-0.2, 0) is 0 Å². The van der Waals surface area contributed by atoms with E-state index in [4.69, 9.17) is 0 Å². The van der Waals surface area contributed by atoms with Crippen molar-refractivity contribution < 1.29 is 9.72 Å². The van der Waals surface area contributed by atoms with E-state index in [9.17, 15) is 14.9 Å². The van der Waals surface area contributed by atoms with Crippen LogP contribution in [-0.4, -0.2) is 20.7 Å². The molecule has 19 heavy (non-hydrogen) atoms. The Hall–Kier alpha value is -2.28. The Balaban J connectivity index is 2.40. The van der Waals surface area contributed by atoms with Crippen LogP contribution in [0.5, 0.6) is 0 Å². The summed E-state index contributed by atoms with van der Waals surface area (Å²) in [5.41, 5.74) is 0.190. The Bertz CT molecular complexity index is 631. The molecule has 0 saturated carbocycles. The summed E-state index contributed by atoms with van der Waals surface area (Å²) in [5, 5.41) is 11.2. The molecular formula is C12H9N3O3S. The van der Waals surface area contributed by atoms with E-state index in [2.05, 4.69) is 9.97 Å². The highest BCUT2D eigenvalue weighted by Gasteiger charge is 2.15. The predicted molar refractivity (Wildman–Crippen MR) is 69.3 cm³/mol. The quantitative estimate of drug-likeness (QED) is 0.369. The van der Waals surface area contributed by atoms with Crippen molar-refractivity contribution in [2.75, 3.05) is 0 Å². The lowest BCUT2D eigenvalue weighted by Gasteiger charge is -2.05. The molecule has 0 unspecified atom stereocenters. The van der Waals surface area contributed by atoms with Gasteiger partial charge in [0.25, 0.3) is 5.69 Å². The van der Waals surface area contributed by atoms with E-state index in [0.29, 0.717) is 15.6 Å². The Morgan fingerprint density at radius 3 is 2.58 bits per heavy atom. The molecule has 1 heterocycles. The number of benzene rings is 1. The summed E-state index contributed by atoms with van der Waals surface area (Å²) in [7, 11) is 0. The lowest BCUT2D eigenvalue weighted by Crippen LogP contribution is -1.98. The van der Waals surface area contributed by atoms with Crippen molar-refractivity contribution in [3.8, 4) is 0 Å². The molecule has 2 rings (SSSR count). The topological polar surface area (TPSA) is 86.0 Å². The van der Waals surface area contributed by atoms with Crippen molar-refractivity contribution in [3.63, 3.8) is 0 Å². The van der Waals surface area contributed by atoms with Crippen LogP contribution >= 0.6 is 11.8 Å². The minimum Gasteiger partial charge on any atom is -0.294 e. The number of aromatic nitrogens is 2. The van der Waals surface area contributed by atoms with E-state index in [0.717, 1.165) is 0 Å². The summed E-state index contributed by atoms with van der Waals surface area (Å²) in [6, 6.07) is 5.85. The van der Waals surface area contributed by atoms with Crippen LogP contribution in [0.1, 0.15) is 17.3 Å². The lowest BCUT2D eigenvalue weighted by molar-refractivity contribution is -0.384. The molecule has 0 aliphatic carbocycles. The molecule has 1 aromatic heterocycles. The van der Waals surface area contributed by atoms with E-state index in [1.807, 2.05) is 0 Å². The Labute approximate surface area is 113 Å². The number of Topliss-reactive ketones (excluding diaryl/α,β-unsaturated/α-hetero) is 1. The van der Waals surface area contributed by atoms with Crippen LogP contribution < -0.4 is 0 Å². The van der Waals surface area contributed by atoms with E-state index >= 15 is 0 Å². The minimum absolute atomic E-state index is 0.108. The number of hydrogen-bond donors (Lipinski definition) is 0. The van der Waals surface area contributed by atoms with E-state index in [1.165, 1.54) is 36.9 Å². The minimum atomic E-state index is -0.528. The van der Waals surface area contributed by atoms with Crippen molar-refractivity contribution in [1.82, 2.24) is 9.97 Å². The first-order valence-corrected chi connectivity index (χ1v) is 6.14. The zero-order chi connectivity index (χ0) is 13.8. The van der Waals surface area contributed by atoms with Gasteiger partial charge < -0.3 is 0 Å². The van der Waals surface area contributed by atoms with Gasteiger partial charge in [-0.15, -0.1) is 0 Å². The molecule has 0 radical (unpaired) electrons. The van der Waals surface area contributed by atoms with Gasteiger partial charge in [0.1, 0.15) is 0 Å². The van der Waals surface area contributed by atoms with Crippen molar-refractivity contribution in [2.45, 2.75) is 17.0 Å². The molecule has 6 nitrogen and oxygen atoms in total. The summed E-state index contributed by atoms with van der Waals surface area (Å²) in [6.45, 7) is 1.37. The maximum atomic E-state index is 11.6. The first-order valence-electron chi connectivity index (χ1n) is 5.32. The average Bonchev–Trinajstić information content (AvgIpc) is 2.39. The molecule has 0 bridgehead atoms. The monoisotopic (exact) mass is 275 g/mol. The maximum absolute atomic E-state index is 11.6. The maximum Gasteiger partial charge on any atom is 0.270 e.